The van der Waals surface area contributed by atoms with E-state index in [9.17, 15) is 4.79 Å². The monoisotopic (exact) mass is 299 g/mol. The highest BCUT2D eigenvalue weighted by Gasteiger charge is 2.20. The maximum atomic E-state index is 12.0. The van der Waals surface area contributed by atoms with E-state index in [2.05, 4.69) is 34.4 Å². The van der Waals surface area contributed by atoms with Crippen LogP contribution in [-0.2, 0) is 0 Å². The Morgan fingerprint density at radius 1 is 1.38 bits per heavy atom. The van der Waals surface area contributed by atoms with Crippen molar-refractivity contribution in [2.45, 2.75) is 6.04 Å². The molecule has 1 unspecified atom stereocenters. The predicted molar refractivity (Wildman–Crippen MR) is 87.7 cm³/mol. The number of carbonyl (C=O) groups excluding carboxylic acids is 1. The molecule has 0 saturated carbocycles. The van der Waals surface area contributed by atoms with Crippen molar-refractivity contribution in [3.8, 4) is 0 Å². The maximum absolute atomic E-state index is 12.0. The molecule has 1 atom stereocenters. The highest BCUT2D eigenvalue weighted by atomic mass is 32.1. The van der Waals surface area contributed by atoms with Crippen LogP contribution in [-0.4, -0.2) is 38.3 Å². The zero-order valence-corrected chi connectivity index (χ0v) is 12.6. The van der Waals surface area contributed by atoms with Crippen LogP contribution in [0, 0.1) is 0 Å². The number of hydrogen-bond donors (Lipinski definition) is 1. The van der Waals surface area contributed by atoms with Gasteiger partial charge in [-0.1, -0.05) is 24.3 Å². The molecule has 108 valence electrons. The van der Waals surface area contributed by atoms with Crippen molar-refractivity contribution in [1.29, 1.82) is 0 Å². The van der Waals surface area contributed by atoms with E-state index in [1.165, 1.54) is 11.3 Å². The quantitative estimate of drug-likeness (QED) is 0.946. The summed E-state index contributed by atoms with van der Waals surface area (Å²) in [6.45, 7) is 1.26. The van der Waals surface area contributed by atoms with Crippen molar-refractivity contribution in [2.24, 2.45) is 4.99 Å². The van der Waals surface area contributed by atoms with Crippen LogP contribution >= 0.6 is 11.3 Å². The van der Waals surface area contributed by atoms with E-state index < -0.39 is 0 Å². The molecule has 5 heteroatoms. The zero-order chi connectivity index (χ0) is 14.7. The average molecular weight is 299 g/mol. The van der Waals surface area contributed by atoms with Gasteiger partial charge in [0.2, 0.25) is 0 Å². The molecule has 1 aromatic carbocycles. The predicted octanol–water partition coefficient (Wildman–Crippen LogP) is 2.42. The molecule has 2 aromatic rings. The van der Waals surface area contributed by atoms with E-state index in [-0.39, 0.29) is 11.9 Å². The number of benzodiazepines with no additional fused rings is 1. The third-order valence-corrected chi connectivity index (χ3v) is 4.52. The van der Waals surface area contributed by atoms with E-state index in [0.29, 0.717) is 13.1 Å². The lowest BCUT2D eigenvalue weighted by atomic mass is 10.1. The number of likely N-dealkylation sites (N-methyl/N-ethyl adjacent to an activating group) is 1. The fourth-order valence-corrected chi connectivity index (χ4v) is 3.06. The van der Waals surface area contributed by atoms with Gasteiger partial charge in [-0.25, -0.2) is 0 Å². The van der Waals surface area contributed by atoms with Gasteiger partial charge in [0, 0.05) is 31.1 Å². The van der Waals surface area contributed by atoms with Gasteiger partial charge in [-0.05, 0) is 17.5 Å². The van der Waals surface area contributed by atoms with Crippen LogP contribution in [0.5, 0.6) is 0 Å². The number of anilines is 1. The van der Waals surface area contributed by atoms with Crippen LogP contribution in [0.3, 0.4) is 0 Å². The Bertz CT molecular complexity index is 651. The molecule has 0 bridgehead atoms. The lowest BCUT2D eigenvalue weighted by Gasteiger charge is -2.28. The van der Waals surface area contributed by atoms with Crippen molar-refractivity contribution >= 4 is 29.1 Å². The number of amides is 1. The Labute approximate surface area is 128 Å². The summed E-state index contributed by atoms with van der Waals surface area (Å²) >= 11 is 1.46. The second kappa shape index (κ2) is 6.10. The topological polar surface area (TPSA) is 44.7 Å². The molecular weight excluding hydrogens is 282 g/mol. The minimum Gasteiger partial charge on any atom is -0.367 e. The fourth-order valence-electron chi connectivity index (χ4n) is 2.42. The van der Waals surface area contributed by atoms with Crippen molar-refractivity contribution in [3.63, 3.8) is 0 Å². The largest absolute Gasteiger partial charge is 0.367 e. The number of thiophene rings is 1. The van der Waals surface area contributed by atoms with E-state index in [0.717, 1.165) is 16.1 Å². The van der Waals surface area contributed by atoms with Crippen LogP contribution in [0.25, 0.3) is 0 Å². The molecule has 1 amide bonds. The maximum Gasteiger partial charge on any atom is 0.261 e. The number of nitrogens with zero attached hydrogens (tertiary/aromatic N) is 2. The Balaban J connectivity index is 1.69. The normalized spacial score (nSPS) is 17.2. The second-order valence-electron chi connectivity index (χ2n) is 5.01. The Kier molecular flexibility index (Phi) is 4.01. The van der Waals surface area contributed by atoms with Crippen LogP contribution in [0.2, 0.25) is 0 Å². The molecule has 21 heavy (non-hydrogen) atoms. The smallest absolute Gasteiger partial charge is 0.261 e. The first-order chi connectivity index (χ1) is 10.3. The summed E-state index contributed by atoms with van der Waals surface area (Å²) in [6, 6.07) is 12.1. The van der Waals surface area contributed by atoms with Crippen LogP contribution < -0.4 is 10.2 Å². The van der Waals surface area contributed by atoms with Crippen molar-refractivity contribution in [3.05, 3.63) is 52.2 Å². The van der Waals surface area contributed by atoms with Gasteiger partial charge in [0.1, 0.15) is 0 Å². The van der Waals surface area contributed by atoms with Gasteiger partial charge in [0.15, 0.2) is 0 Å². The molecule has 0 aliphatic carbocycles. The Morgan fingerprint density at radius 3 is 3.05 bits per heavy atom. The number of aliphatic imine (C=N–C) groups is 1. The molecule has 1 N–H and O–H groups in total. The van der Waals surface area contributed by atoms with Gasteiger partial charge in [0.25, 0.3) is 5.91 Å². The first-order valence-corrected chi connectivity index (χ1v) is 7.77. The molecule has 1 aromatic heterocycles. The molecule has 1 aliphatic heterocycles. The molecular formula is C16H17N3OS. The third-order valence-electron chi connectivity index (χ3n) is 3.65. The van der Waals surface area contributed by atoms with Gasteiger partial charge < -0.3 is 10.2 Å². The van der Waals surface area contributed by atoms with E-state index in [1.54, 1.807) is 0 Å². The average Bonchev–Trinajstić information content (AvgIpc) is 2.99. The number of fused-ring (bicyclic) bond motifs is 1. The van der Waals surface area contributed by atoms with Gasteiger partial charge >= 0.3 is 0 Å². The molecule has 0 spiro atoms. The highest BCUT2D eigenvalue weighted by Crippen LogP contribution is 2.22. The lowest BCUT2D eigenvalue weighted by molar-refractivity contribution is 0.0955. The van der Waals surface area contributed by atoms with Crippen molar-refractivity contribution in [1.82, 2.24) is 5.32 Å². The van der Waals surface area contributed by atoms with Crippen LogP contribution in [0.4, 0.5) is 5.69 Å². The van der Waals surface area contributed by atoms with Gasteiger partial charge in [0.05, 0.1) is 17.5 Å². The first-order valence-electron chi connectivity index (χ1n) is 6.89. The van der Waals surface area contributed by atoms with Crippen molar-refractivity contribution < 1.29 is 4.79 Å². The molecule has 0 radical (unpaired) electrons. The number of hydrogen-bond acceptors (Lipinski definition) is 4. The summed E-state index contributed by atoms with van der Waals surface area (Å²) in [6.07, 6.45) is 1.91. The first kappa shape index (κ1) is 13.8. The summed E-state index contributed by atoms with van der Waals surface area (Å²) < 4.78 is 0. The molecule has 3 rings (SSSR count). The summed E-state index contributed by atoms with van der Waals surface area (Å²) in [4.78, 5) is 19.4. The molecule has 0 saturated heterocycles. The van der Waals surface area contributed by atoms with Crippen molar-refractivity contribution in [2.75, 3.05) is 25.0 Å². The molecule has 1 aliphatic rings. The summed E-state index contributed by atoms with van der Waals surface area (Å²) in [5, 5.41) is 4.91. The van der Waals surface area contributed by atoms with Crippen LogP contribution in [0.1, 0.15) is 15.2 Å². The van der Waals surface area contributed by atoms with E-state index in [1.807, 2.05) is 35.9 Å². The number of carbonyl (C=O) groups is 1. The summed E-state index contributed by atoms with van der Waals surface area (Å²) in [5.41, 5.74) is 2.27. The number of rotatable bonds is 3. The van der Waals surface area contributed by atoms with E-state index >= 15 is 0 Å². The minimum absolute atomic E-state index is 0.0140. The van der Waals surface area contributed by atoms with E-state index in [4.69, 9.17) is 0 Å². The fraction of sp³-hybridized carbons (Fsp3) is 0.250. The number of para-hydroxylation sites is 1. The second-order valence-corrected chi connectivity index (χ2v) is 5.95. The SMILES string of the molecule is CN1c2ccccc2C=NCC1CNC(=O)c1cccs1. The van der Waals surface area contributed by atoms with Gasteiger partial charge in [-0.15, -0.1) is 11.3 Å². The molecule has 4 nitrogen and oxygen atoms in total. The highest BCUT2D eigenvalue weighted by molar-refractivity contribution is 7.12. The van der Waals surface area contributed by atoms with Crippen LogP contribution in [0.15, 0.2) is 46.8 Å². The van der Waals surface area contributed by atoms with Gasteiger partial charge in [-0.3, -0.25) is 9.79 Å². The molecule has 2 heterocycles. The standard InChI is InChI=1S/C16H17N3OS/c1-19-13(11-18-16(20)15-7-4-8-21-15)10-17-9-12-5-2-3-6-14(12)19/h2-9,13H,10-11H2,1H3,(H,18,20). The summed E-state index contributed by atoms with van der Waals surface area (Å²) in [5.74, 6) is -0.0140. The van der Waals surface area contributed by atoms with Gasteiger partial charge in [-0.2, -0.15) is 0 Å². The summed E-state index contributed by atoms with van der Waals surface area (Å²) in [7, 11) is 2.05. The Morgan fingerprint density at radius 2 is 2.24 bits per heavy atom. The number of benzene rings is 1. The zero-order valence-electron chi connectivity index (χ0n) is 11.8. The molecule has 0 fully saturated rings. The number of nitrogens with one attached hydrogen (secondary N) is 1. The third kappa shape index (κ3) is 2.97. The lowest BCUT2D eigenvalue weighted by Crippen LogP contribution is -2.43. The Hall–Kier alpha value is -2.14. The minimum atomic E-state index is -0.0140.